The zero-order chi connectivity index (χ0) is 37.9. The molecule has 0 spiro atoms. The number of carboxylic acid groups (broad SMARTS) is 1. The first-order valence-corrected chi connectivity index (χ1v) is 17.6. The van der Waals surface area contributed by atoms with Crippen LogP contribution in [-0.2, 0) is 33.8 Å². The Bertz CT molecular complexity index is 1830. The quantitative estimate of drug-likeness (QED) is 0.213. The number of likely N-dealkylation sites (tertiary alicyclic amines) is 2. The molecular formula is C36H36F6N4O5S. The Morgan fingerprint density at radius 3 is 2.37 bits per heavy atom. The third kappa shape index (κ3) is 7.74. The number of piperidine rings is 2. The molecule has 2 fully saturated rings. The third-order valence-corrected chi connectivity index (χ3v) is 10.7. The molecule has 0 radical (unpaired) electrons. The molecule has 1 N–H and O–H groups in total. The van der Waals surface area contributed by atoms with Gasteiger partial charge in [-0.15, -0.1) is 11.3 Å². The van der Waals surface area contributed by atoms with Crippen LogP contribution in [0.4, 0.5) is 26.3 Å². The van der Waals surface area contributed by atoms with Crippen molar-refractivity contribution >= 4 is 29.1 Å². The van der Waals surface area contributed by atoms with E-state index in [1.165, 1.54) is 4.90 Å². The fourth-order valence-electron chi connectivity index (χ4n) is 7.32. The molecule has 2 saturated heterocycles. The molecule has 278 valence electrons. The lowest BCUT2D eigenvalue weighted by Gasteiger charge is -2.51. The van der Waals surface area contributed by atoms with Crippen LogP contribution in [0.2, 0.25) is 0 Å². The molecule has 2 aliphatic rings. The molecule has 3 aromatic rings. The van der Waals surface area contributed by atoms with E-state index in [0.717, 1.165) is 34.7 Å². The smallest absolute Gasteiger partial charge is 0.425 e. The van der Waals surface area contributed by atoms with Crippen molar-refractivity contribution in [2.45, 2.75) is 87.7 Å². The average molecular weight is 751 g/mol. The Morgan fingerprint density at radius 1 is 1.04 bits per heavy atom. The van der Waals surface area contributed by atoms with Crippen molar-refractivity contribution in [1.29, 1.82) is 5.26 Å². The summed E-state index contributed by atoms with van der Waals surface area (Å²) in [7, 11) is 0. The predicted molar refractivity (Wildman–Crippen MR) is 176 cm³/mol. The van der Waals surface area contributed by atoms with E-state index in [1.54, 1.807) is 31.2 Å². The van der Waals surface area contributed by atoms with Gasteiger partial charge in [-0.3, -0.25) is 19.4 Å². The van der Waals surface area contributed by atoms with Gasteiger partial charge in [0.25, 0.3) is 11.8 Å². The summed E-state index contributed by atoms with van der Waals surface area (Å²) in [5.74, 6) is -3.02. The number of alkyl halides is 6. The minimum absolute atomic E-state index is 0.00740. The van der Waals surface area contributed by atoms with Gasteiger partial charge in [-0.05, 0) is 55.4 Å². The first kappa shape index (κ1) is 38.6. The summed E-state index contributed by atoms with van der Waals surface area (Å²) in [6.45, 7) is 1.70. The molecule has 2 amide bonds. The molecule has 4 heterocycles. The van der Waals surface area contributed by atoms with E-state index in [2.05, 4.69) is 11.1 Å². The van der Waals surface area contributed by atoms with Crippen LogP contribution in [0.25, 0.3) is 0 Å². The predicted octanol–water partition coefficient (Wildman–Crippen LogP) is 7.50. The largest absolute Gasteiger partial charge is 0.481 e. The number of nitrogens with zero attached hydrogens (tertiary/aromatic N) is 4. The van der Waals surface area contributed by atoms with E-state index in [4.69, 9.17) is 4.74 Å². The molecule has 0 aliphatic carbocycles. The lowest BCUT2D eigenvalue weighted by atomic mass is 9.71. The first-order valence-electron chi connectivity index (χ1n) is 16.7. The van der Waals surface area contributed by atoms with Gasteiger partial charge in [0.1, 0.15) is 16.3 Å². The Labute approximate surface area is 299 Å². The van der Waals surface area contributed by atoms with Gasteiger partial charge in [-0.2, -0.15) is 31.6 Å². The number of aryl methyl sites for hydroxylation is 1. The van der Waals surface area contributed by atoms with Crippen LogP contribution in [0.1, 0.15) is 83.9 Å². The number of hydrogen-bond acceptors (Lipinski definition) is 7. The summed E-state index contributed by atoms with van der Waals surface area (Å²) in [6, 6.07) is 10.7. The highest BCUT2D eigenvalue weighted by atomic mass is 32.1. The number of pyridine rings is 1. The first-order chi connectivity index (χ1) is 24.6. The monoisotopic (exact) mass is 750 g/mol. The number of ether oxygens (including phenoxy) is 1. The number of nitriles is 1. The van der Waals surface area contributed by atoms with E-state index in [0.29, 0.717) is 28.9 Å². The minimum Gasteiger partial charge on any atom is -0.481 e. The van der Waals surface area contributed by atoms with Gasteiger partial charge in [0.05, 0.1) is 23.1 Å². The SMILES string of the molecule is CCCC1N(C(=O)c2ncccc2C(F)(F)F)CCCC1(Oc1csc(C(F)(F)F)c1)C(=O)N1CCC(C#N)(c2ccccc2CCC(=O)O)CC1. The van der Waals surface area contributed by atoms with E-state index < -0.39 is 63.3 Å². The van der Waals surface area contributed by atoms with Crippen LogP contribution in [-0.4, -0.2) is 69.0 Å². The van der Waals surface area contributed by atoms with E-state index >= 15 is 0 Å². The van der Waals surface area contributed by atoms with Gasteiger partial charge < -0.3 is 19.6 Å². The van der Waals surface area contributed by atoms with Crippen LogP contribution < -0.4 is 4.74 Å². The standard InChI is InChI=1S/C36H36F6N4O5S/c1-2-7-27-34(51-24-20-28(52-21-24)36(40,41)42,13-6-17-46(27)31(49)30-26(35(37,38)39)10-5-16-44-30)32(50)45-18-14-33(22-43,15-19-45)25-9-4-3-8-23(25)11-12-29(47)48/h3-5,8-10,16,20-21,27H,2,6-7,11-15,17-19H2,1H3,(H,47,48). The maximum Gasteiger partial charge on any atom is 0.425 e. The number of rotatable bonds is 10. The highest BCUT2D eigenvalue weighted by Crippen LogP contribution is 2.44. The molecule has 1 aromatic carbocycles. The number of aromatic nitrogens is 1. The Hall–Kier alpha value is -4.65. The summed E-state index contributed by atoms with van der Waals surface area (Å²) in [6.07, 6.45) is -7.85. The van der Waals surface area contributed by atoms with Crippen LogP contribution in [0, 0.1) is 11.3 Å². The van der Waals surface area contributed by atoms with E-state index in [1.807, 2.05) is 0 Å². The van der Waals surface area contributed by atoms with Crippen LogP contribution in [0.3, 0.4) is 0 Å². The molecule has 2 aliphatic heterocycles. The summed E-state index contributed by atoms with van der Waals surface area (Å²) < 4.78 is 89.3. The van der Waals surface area contributed by atoms with Gasteiger partial charge >= 0.3 is 18.3 Å². The fourth-order valence-corrected chi connectivity index (χ4v) is 8.00. The van der Waals surface area contributed by atoms with Gasteiger partial charge in [0.15, 0.2) is 0 Å². The molecule has 2 aromatic heterocycles. The second kappa shape index (κ2) is 15.1. The number of carboxylic acids is 1. The van der Waals surface area contributed by atoms with Crippen LogP contribution in [0.15, 0.2) is 54.0 Å². The number of carbonyl (C=O) groups excluding carboxylic acids is 2. The van der Waals surface area contributed by atoms with Gasteiger partial charge in [-0.25, -0.2) is 0 Å². The zero-order valence-corrected chi connectivity index (χ0v) is 28.9. The van der Waals surface area contributed by atoms with Crippen molar-refractivity contribution in [3.8, 4) is 11.8 Å². The lowest BCUT2D eigenvalue weighted by Crippen LogP contribution is -2.68. The number of carbonyl (C=O) groups is 3. The molecule has 2 atom stereocenters. The highest BCUT2D eigenvalue weighted by molar-refractivity contribution is 7.10. The number of halogens is 6. The molecule has 5 rings (SSSR count). The second-order valence-corrected chi connectivity index (χ2v) is 13.9. The van der Waals surface area contributed by atoms with Crippen molar-refractivity contribution in [1.82, 2.24) is 14.8 Å². The topological polar surface area (TPSA) is 124 Å². The third-order valence-electron chi connectivity index (χ3n) is 9.78. The second-order valence-electron chi connectivity index (χ2n) is 13.0. The van der Waals surface area contributed by atoms with E-state index in [-0.39, 0.29) is 70.3 Å². The normalized spacial score (nSPS) is 20.6. The number of aliphatic carboxylic acids is 1. The molecule has 9 nitrogen and oxygen atoms in total. The zero-order valence-electron chi connectivity index (χ0n) is 28.1. The molecular weight excluding hydrogens is 714 g/mol. The van der Waals surface area contributed by atoms with Crippen LogP contribution >= 0.6 is 11.3 Å². The summed E-state index contributed by atoms with van der Waals surface area (Å²) in [5, 5.41) is 20.8. The Morgan fingerprint density at radius 2 is 1.75 bits per heavy atom. The van der Waals surface area contributed by atoms with Crippen molar-refractivity contribution < 1.29 is 50.6 Å². The molecule has 0 bridgehead atoms. The molecule has 2 unspecified atom stereocenters. The van der Waals surface area contributed by atoms with Crippen molar-refractivity contribution in [2.75, 3.05) is 19.6 Å². The van der Waals surface area contributed by atoms with Gasteiger partial charge in [0.2, 0.25) is 5.60 Å². The fraction of sp³-hybridized carbons (Fsp3) is 0.472. The van der Waals surface area contributed by atoms with Gasteiger partial charge in [0, 0.05) is 50.1 Å². The minimum atomic E-state index is -4.92. The van der Waals surface area contributed by atoms with Gasteiger partial charge in [-0.1, -0.05) is 37.6 Å². The lowest BCUT2D eigenvalue weighted by molar-refractivity contribution is -0.160. The Kier molecular flexibility index (Phi) is 11.2. The highest BCUT2D eigenvalue weighted by Gasteiger charge is 2.57. The summed E-state index contributed by atoms with van der Waals surface area (Å²) in [5.41, 5.74) is -3.89. The average Bonchev–Trinajstić information content (AvgIpc) is 3.60. The number of benzene rings is 1. The Balaban J connectivity index is 1.53. The van der Waals surface area contributed by atoms with Crippen molar-refractivity contribution in [3.05, 3.63) is 81.3 Å². The van der Waals surface area contributed by atoms with Crippen molar-refractivity contribution in [3.63, 3.8) is 0 Å². The summed E-state index contributed by atoms with van der Waals surface area (Å²) in [4.78, 5) is 45.5. The van der Waals surface area contributed by atoms with Crippen molar-refractivity contribution in [2.24, 2.45) is 0 Å². The van der Waals surface area contributed by atoms with Crippen LogP contribution in [0.5, 0.6) is 5.75 Å². The number of thiophene rings is 1. The molecule has 52 heavy (non-hydrogen) atoms. The van der Waals surface area contributed by atoms with E-state index in [9.17, 15) is 51.1 Å². The number of hydrogen-bond donors (Lipinski definition) is 1. The summed E-state index contributed by atoms with van der Waals surface area (Å²) >= 11 is 0.358. The molecule has 0 saturated carbocycles. The maximum atomic E-state index is 14.9. The number of amides is 2. The molecule has 16 heteroatoms. The maximum absolute atomic E-state index is 14.9.